The van der Waals surface area contributed by atoms with E-state index in [4.69, 9.17) is 0 Å². The monoisotopic (exact) mass is 230 g/mol. The maximum absolute atomic E-state index is 12.1. The second-order valence-corrected chi connectivity index (χ2v) is 5.41. The summed E-state index contributed by atoms with van der Waals surface area (Å²) in [6.07, 6.45) is 4.49. The Kier molecular flexibility index (Phi) is 2.35. The van der Waals surface area contributed by atoms with E-state index >= 15 is 0 Å². The molecular formula is C14H18N2O. The summed E-state index contributed by atoms with van der Waals surface area (Å²) in [4.78, 5) is 12.1. The van der Waals surface area contributed by atoms with Crippen LogP contribution in [0.25, 0.3) is 0 Å². The second-order valence-electron chi connectivity index (χ2n) is 5.41. The Morgan fingerprint density at radius 1 is 1.29 bits per heavy atom. The number of anilines is 1. The molecule has 1 aliphatic heterocycles. The fraction of sp³-hybridized carbons (Fsp3) is 0.500. The molecule has 1 aromatic carbocycles. The Labute approximate surface area is 102 Å². The number of carbonyl (C=O) groups excluding carboxylic acids is 1. The molecule has 1 aliphatic carbocycles. The van der Waals surface area contributed by atoms with Gasteiger partial charge >= 0.3 is 0 Å². The smallest absolute Gasteiger partial charge is 0.255 e. The van der Waals surface area contributed by atoms with Gasteiger partial charge in [-0.3, -0.25) is 4.79 Å². The maximum Gasteiger partial charge on any atom is 0.255 e. The molecule has 2 N–H and O–H groups in total. The van der Waals surface area contributed by atoms with Crippen LogP contribution in [0.3, 0.4) is 0 Å². The van der Waals surface area contributed by atoms with Crippen LogP contribution in [0.15, 0.2) is 24.3 Å². The van der Waals surface area contributed by atoms with Crippen LogP contribution in [0.4, 0.5) is 5.69 Å². The van der Waals surface area contributed by atoms with Crippen LogP contribution in [0, 0.1) is 5.92 Å². The number of fused-ring (bicyclic) bond motifs is 1. The summed E-state index contributed by atoms with van der Waals surface area (Å²) in [7, 11) is 0. The summed E-state index contributed by atoms with van der Waals surface area (Å²) in [5.41, 5.74) is 1.53. The lowest BCUT2D eigenvalue weighted by atomic mass is 9.80. The van der Waals surface area contributed by atoms with Gasteiger partial charge in [-0.2, -0.15) is 0 Å². The van der Waals surface area contributed by atoms with Crippen LogP contribution in [0.1, 0.15) is 43.0 Å². The predicted molar refractivity (Wildman–Crippen MR) is 67.9 cm³/mol. The summed E-state index contributed by atoms with van der Waals surface area (Å²) in [5, 5.41) is 6.71. The molecule has 3 rings (SSSR count). The summed E-state index contributed by atoms with van der Waals surface area (Å²) in [6.45, 7) is 2.26. The van der Waals surface area contributed by atoms with Gasteiger partial charge in [0.1, 0.15) is 5.66 Å². The van der Waals surface area contributed by atoms with E-state index in [-0.39, 0.29) is 11.6 Å². The SMILES string of the molecule is C[C@@H]1CCC[C@]2(C1)NC(=O)c1ccccc1N2. The summed E-state index contributed by atoms with van der Waals surface area (Å²) in [6, 6.07) is 7.75. The van der Waals surface area contributed by atoms with Gasteiger partial charge in [-0.05, 0) is 37.3 Å². The predicted octanol–water partition coefficient (Wildman–Crippen LogP) is 2.75. The molecule has 0 radical (unpaired) electrons. The van der Waals surface area contributed by atoms with Crippen LogP contribution < -0.4 is 10.6 Å². The van der Waals surface area contributed by atoms with E-state index in [2.05, 4.69) is 17.6 Å². The lowest BCUT2D eigenvalue weighted by Gasteiger charge is -2.45. The van der Waals surface area contributed by atoms with Gasteiger partial charge in [-0.15, -0.1) is 0 Å². The Bertz CT molecular complexity index is 457. The molecule has 0 aromatic heterocycles. The number of amides is 1. The molecule has 3 nitrogen and oxygen atoms in total. The molecule has 3 heteroatoms. The highest BCUT2D eigenvalue weighted by Crippen LogP contribution is 2.36. The first-order valence-electron chi connectivity index (χ1n) is 6.38. The number of hydrogen-bond donors (Lipinski definition) is 2. The number of para-hydroxylation sites is 1. The zero-order valence-electron chi connectivity index (χ0n) is 10.1. The van der Waals surface area contributed by atoms with Crippen molar-refractivity contribution in [2.24, 2.45) is 5.92 Å². The molecule has 0 unspecified atom stereocenters. The normalized spacial score (nSPS) is 31.6. The van der Waals surface area contributed by atoms with Gasteiger partial charge in [0, 0.05) is 5.69 Å². The van der Waals surface area contributed by atoms with Crippen molar-refractivity contribution < 1.29 is 4.79 Å². The van der Waals surface area contributed by atoms with E-state index < -0.39 is 0 Å². The number of hydrogen-bond acceptors (Lipinski definition) is 2. The van der Waals surface area contributed by atoms with Crippen LogP contribution >= 0.6 is 0 Å². The number of rotatable bonds is 0. The van der Waals surface area contributed by atoms with E-state index in [0.29, 0.717) is 5.92 Å². The van der Waals surface area contributed by atoms with Crippen LogP contribution in [0.5, 0.6) is 0 Å². The van der Waals surface area contributed by atoms with Crippen LogP contribution in [-0.4, -0.2) is 11.6 Å². The molecule has 1 spiro atoms. The van der Waals surface area contributed by atoms with Gasteiger partial charge in [0.2, 0.25) is 0 Å². The third-order valence-corrected chi connectivity index (χ3v) is 3.90. The zero-order valence-corrected chi connectivity index (χ0v) is 10.1. The fourth-order valence-electron chi connectivity index (χ4n) is 3.14. The van der Waals surface area contributed by atoms with Crippen LogP contribution in [-0.2, 0) is 0 Å². The third-order valence-electron chi connectivity index (χ3n) is 3.90. The molecule has 1 amide bonds. The molecule has 90 valence electrons. The van der Waals surface area contributed by atoms with E-state index in [9.17, 15) is 4.79 Å². The molecule has 2 aliphatic rings. The first kappa shape index (κ1) is 10.6. The molecular weight excluding hydrogens is 212 g/mol. The number of benzene rings is 1. The molecule has 1 aromatic rings. The molecule has 2 atom stereocenters. The molecule has 0 saturated heterocycles. The highest BCUT2D eigenvalue weighted by molar-refractivity contribution is 6.02. The lowest BCUT2D eigenvalue weighted by molar-refractivity contribution is 0.0858. The first-order valence-corrected chi connectivity index (χ1v) is 6.38. The Hall–Kier alpha value is -1.51. The van der Waals surface area contributed by atoms with Crippen molar-refractivity contribution in [1.82, 2.24) is 5.32 Å². The Balaban J connectivity index is 1.95. The standard InChI is InChI=1S/C14H18N2O/c1-10-5-4-8-14(9-10)15-12-7-3-2-6-11(12)13(17)16-14/h2-3,6-7,10,15H,4-5,8-9H2,1H3,(H,16,17)/t10-,14-/m1/s1. The summed E-state index contributed by atoms with van der Waals surface area (Å²) >= 11 is 0. The molecule has 1 heterocycles. The lowest BCUT2D eigenvalue weighted by Crippen LogP contribution is -2.59. The Morgan fingerprint density at radius 3 is 2.94 bits per heavy atom. The highest BCUT2D eigenvalue weighted by atomic mass is 16.2. The minimum absolute atomic E-state index is 0.0634. The number of carbonyl (C=O) groups is 1. The highest BCUT2D eigenvalue weighted by Gasteiger charge is 2.40. The van der Waals surface area contributed by atoms with E-state index in [1.807, 2.05) is 24.3 Å². The van der Waals surface area contributed by atoms with E-state index in [0.717, 1.165) is 24.1 Å². The topological polar surface area (TPSA) is 41.1 Å². The number of nitrogens with one attached hydrogen (secondary N) is 2. The second kappa shape index (κ2) is 3.76. The minimum atomic E-state index is -0.205. The zero-order chi connectivity index (χ0) is 11.9. The van der Waals surface area contributed by atoms with Crippen molar-refractivity contribution in [3.8, 4) is 0 Å². The summed E-state index contributed by atoms with van der Waals surface area (Å²) in [5.74, 6) is 0.732. The minimum Gasteiger partial charge on any atom is -0.362 e. The van der Waals surface area contributed by atoms with Gasteiger partial charge in [-0.1, -0.05) is 25.5 Å². The average molecular weight is 230 g/mol. The van der Waals surface area contributed by atoms with E-state index in [1.54, 1.807) is 0 Å². The quantitative estimate of drug-likeness (QED) is 0.719. The summed E-state index contributed by atoms with van der Waals surface area (Å²) < 4.78 is 0. The van der Waals surface area contributed by atoms with Gasteiger partial charge in [-0.25, -0.2) is 0 Å². The first-order chi connectivity index (χ1) is 8.19. The molecule has 1 saturated carbocycles. The third kappa shape index (κ3) is 1.79. The van der Waals surface area contributed by atoms with Gasteiger partial charge < -0.3 is 10.6 Å². The van der Waals surface area contributed by atoms with Crippen LogP contribution in [0.2, 0.25) is 0 Å². The Morgan fingerprint density at radius 2 is 2.12 bits per heavy atom. The largest absolute Gasteiger partial charge is 0.362 e. The maximum atomic E-state index is 12.1. The van der Waals surface area contributed by atoms with Gasteiger partial charge in [0.25, 0.3) is 5.91 Å². The van der Waals surface area contributed by atoms with Crippen molar-refractivity contribution in [2.75, 3.05) is 5.32 Å². The van der Waals surface area contributed by atoms with E-state index in [1.165, 1.54) is 12.8 Å². The van der Waals surface area contributed by atoms with Gasteiger partial charge in [0.15, 0.2) is 0 Å². The van der Waals surface area contributed by atoms with Gasteiger partial charge in [0.05, 0.1) is 5.56 Å². The molecule has 1 fully saturated rings. The van der Waals surface area contributed by atoms with Crippen molar-refractivity contribution in [2.45, 2.75) is 38.3 Å². The molecule has 17 heavy (non-hydrogen) atoms. The van der Waals surface area contributed by atoms with Crippen molar-refractivity contribution in [3.63, 3.8) is 0 Å². The fourth-order valence-corrected chi connectivity index (χ4v) is 3.14. The van der Waals surface area contributed by atoms with Crippen molar-refractivity contribution in [3.05, 3.63) is 29.8 Å². The van der Waals surface area contributed by atoms with Crippen molar-refractivity contribution in [1.29, 1.82) is 0 Å². The average Bonchev–Trinajstić information content (AvgIpc) is 2.28. The molecule has 0 bridgehead atoms. The van der Waals surface area contributed by atoms with Crippen molar-refractivity contribution >= 4 is 11.6 Å².